The van der Waals surface area contributed by atoms with Gasteiger partial charge in [0.25, 0.3) is 5.69 Å². The summed E-state index contributed by atoms with van der Waals surface area (Å²) in [5.74, 6) is -0.833. The molecule has 1 unspecified atom stereocenters. The highest BCUT2D eigenvalue weighted by Crippen LogP contribution is 2.39. The van der Waals surface area contributed by atoms with Crippen LogP contribution in [0, 0.1) is 15.5 Å². The van der Waals surface area contributed by atoms with Crippen LogP contribution in [-0.4, -0.2) is 30.5 Å². The van der Waals surface area contributed by atoms with Crippen LogP contribution in [0.5, 0.6) is 11.5 Å². The summed E-state index contributed by atoms with van der Waals surface area (Å²) in [6, 6.07) is 6.54. The largest absolute Gasteiger partial charge is 0.465 e. The molecule has 0 bridgehead atoms. The fourth-order valence-corrected chi connectivity index (χ4v) is 3.36. The van der Waals surface area contributed by atoms with Gasteiger partial charge in [-0.05, 0) is 32.0 Å². The Balaban J connectivity index is 1.94. The second kappa shape index (κ2) is 8.70. The average Bonchev–Trinajstić information content (AvgIpc) is 2.71. The van der Waals surface area contributed by atoms with Gasteiger partial charge >= 0.3 is 5.97 Å². The molecule has 1 atom stereocenters. The zero-order valence-corrected chi connectivity index (χ0v) is 18.2. The van der Waals surface area contributed by atoms with Crippen molar-refractivity contribution in [3.8, 4) is 11.5 Å². The van der Waals surface area contributed by atoms with Crippen LogP contribution < -0.4 is 10.1 Å². The van der Waals surface area contributed by atoms with Gasteiger partial charge in [-0.15, -0.1) is 0 Å². The van der Waals surface area contributed by atoms with Gasteiger partial charge < -0.3 is 19.5 Å². The smallest absolute Gasteiger partial charge is 0.345 e. The number of halogens is 2. The van der Waals surface area contributed by atoms with Crippen LogP contribution in [0.25, 0.3) is 0 Å². The number of carbonyl (C=O) groups is 2. The molecule has 164 valence electrons. The molecule has 2 aromatic rings. The maximum atomic E-state index is 12.3. The molecule has 2 aromatic carbocycles. The lowest BCUT2D eigenvalue weighted by molar-refractivity contribution is -0.385. The van der Waals surface area contributed by atoms with Crippen LogP contribution in [0.3, 0.4) is 0 Å². The molecule has 0 saturated carbocycles. The van der Waals surface area contributed by atoms with Gasteiger partial charge in [-0.3, -0.25) is 14.9 Å². The van der Waals surface area contributed by atoms with Crippen molar-refractivity contribution >= 4 is 40.8 Å². The number of nitro groups is 1. The summed E-state index contributed by atoms with van der Waals surface area (Å²) in [5.41, 5.74) is -0.971. The summed E-state index contributed by atoms with van der Waals surface area (Å²) in [6.45, 7) is 3.69. The predicted molar refractivity (Wildman–Crippen MR) is 112 cm³/mol. The summed E-state index contributed by atoms with van der Waals surface area (Å²) in [5, 5.41) is 14.3. The van der Waals surface area contributed by atoms with Crippen molar-refractivity contribution in [3.05, 3.63) is 61.6 Å². The molecule has 0 spiro atoms. The minimum Gasteiger partial charge on any atom is -0.465 e. The Morgan fingerprint density at radius 3 is 2.58 bits per heavy atom. The highest BCUT2D eigenvalue weighted by Gasteiger charge is 2.37. The first kappa shape index (κ1) is 22.8. The minimum atomic E-state index is -0.888. The van der Waals surface area contributed by atoms with E-state index in [1.165, 1.54) is 24.3 Å². The quantitative estimate of drug-likeness (QED) is 0.385. The monoisotopic (exact) mass is 468 g/mol. The number of nitro benzene ring substituents is 1. The van der Waals surface area contributed by atoms with E-state index in [1.54, 1.807) is 13.8 Å². The Hall–Kier alpha value is -2.88. The lowest BCUT2D eigenvalue weighted by Gasteiger charge is -2.34. The van der Waals surface area contributed by atoms with Crippen LogP contribution in [0.4, 0.5) is 5.69 Å². The molecule has 0 aromatic heterocycles. The van der Waals surface area contributed by atoms with Gasteiger partial charge in [0.15, 0.2) is 6.23 Å². The van der Waals surface area contributed by atoms with Gasteiger partial charge in [0.05, 0.1) is 34.1 Å². The van der Waals surface area contributed by atoms with Crippen molar-refractivity contribution in [2.24, 2.45) is 5.41 Å². The summed E-state index contributed by atoms with van der Waals surface area (Å²) >= 11 is 12.5. The van der Waals surface area contributed by atoms with Gasteiger partial charge in [0.2, 0.25) is 5.91 Å². The second-order valence-corrected chi connectivity index (χ2v) is 8.20. The van der Waals surface area contributed by atoms with E-state index < -0.39 is 28.2 Å². The van der Waals surface area contributed by atoms with E-state index in [9.17, 15) is 19.7 Å². The molecule has 1 aliphatic heterocycles. The van der Waals surface area contributed by atoms with E-state index in [2.05, 4.69) is 10.1 Å². The standard InChI is InChI=1S/C20H18Cl2N2O7/c1-20(2)9-30-17(23-19(20)26)11-7-16(14(22)8-13(11)21)31-10-4-5-15(24(27)28)12(6-10)18(25)29-3/h4-8,17H,9H2,1-3H3,(H,23,26). The van der Waals surface area contributed by atoms with Crippen molar-refractivity contribution < 1.29 is 28.7 Å². The number of hydrogen-bond donors (Lipinski definition) is 1. The number of hydrogen-bond acceptors (Lipinski definition) is 7. The molecule has 11 heteroatoms. The van der Waals surface area contributed by atoms with E-state index >= 15 is 0 Å². The van der Waals surface area contributed by atoms with Crippen molar-refractivity contribution in [2.45, 2.75) is 20.1 Å². The number of amides is 1. The first-order chi connectivity index (χ1) is 14.5. The highest BCUT2D eigenvalue weighted by molar-refractivity contribution is 6.36. The normalized spacial score (nSPS) is 17.6. The topological polar surface area (TPSA) is 117 Å². The lowest BCUT2D eigenvalue weighted by Crippen LogP contribution is -2.48. The molecule has 1 fully saturated rings. The maximum absolute atomic E-state index is 12.3. The molecule has 9 nitrogen and oxygen atoms in total. The van der Waals surface area contributed by atoms with Crippen molar-refractivity contribution in [1.82, 2.24) is 5.32 Å². The predicted octanol–water partition coefficient (Wildman–Crippen LogP) is 4.65. The molecular weight excluding hydrogens is 451 g/mol. The Bertz CT molecular complexity index is 1070. The van der Waals surface area contributed by atoms with Crippen LogP contribution in [0.15, 0.2) is 30.3 Å². The molecule has 0 aliphatic carbocycles. The Morgan fingerprint density at radius 2 is 1.97 bits per heavy atom. The number of esters is 1. The molecule has 1 heterocycles. The number of nitrogens with zero attached hydrogens (tertiary/aromatic N) is 1. The van der Waals surface area contributed by atoms with Crippen LogP contribution in [-0.2, 0) is 14.3 Å². The Kier molecular flexibility index (Phi) is 6.40. The van der Waals surface area contributed by atoms with E-state index in [-0.39, 0.29) is 39.6 Å². The fourth-order valence-electron chi connectivity index (χ4n) is 2.84. The molecule has 1 aliphatic rings. The summed E-state index contributed by atoms with van der Waals surface area (Å²) in [6.07, 6.45) is -0.810. The Morgan fingerprint density at radius 1 is 1.26 bits per heavy atom. The SMILES string of the molecule is COC(=O)c1cc(Oc2cc(C3NC(=O)C(C)(C)CO3)c(Cl)cc2Cl)ccc1[N+](=O)[O-]. The number of methoxy groups -OCH3 is 1. The number of carbonyl (C=O) groups excluding carboxylic acids is 2. The fraction of sp³-hybridized carbons (Fsp3) is 0.300. The number of ether oxygens (including phenoxy) is 3. The van der Waals surface area contributed by atoms with Crippen LogP contribution in [0.2, 0.25) is 10.0 Å². The molecular formula is C20H18Cl2N2O7. The van der Waals surface area contributed by atoms with Gasteiger partial charge in [-0.2, -0.15) is 0 Å². The first-order valence-electron chi connectivity index (χ1n) is 8.99. The minimum absolute atomic E-state index is 0.107. The van der Waals surface area contributed by atoms with Crippen molar-refractivity contribution in [2.75, 3.05) is 13.7 Å². The summed E-state index contributed by atoms with van der Waals surface area (Å²) < 4.78 is 16.1. The average molecular weight is 469 g/mol. The maximum Gasteiger partial charge on any atom is 0.345 e. The zero-order valence-electron chi connectivity index (χ0n) is 16.7. The van der Waals surface area contributed by atoms with E-state index in [0.717, 1.165) is 13.2 Å². The molecule has 3 rings (SSSR count). The molecule has 31 heavy (non-hydrogen) atoms. The van der Waals surface area contributed by atoms with E-state index in [0.29, 0.717) is 5.56 Å². The third-order valence-corrected chi connectivity index (χ3v) is 5.24. The summed E-state index contributed by atoms with van der Waals surface area (Å²) in [4.78, 5) is 34.7. The highest BCUT2D eigenvalue weighted by atomic mass is 35.5. The van der Waals surface area contributed by atoms with Gasteiger partial charge in [-0.25, -0.2) is 4.79 Å². The van der Waals surface area contributed by atoms with Crippen molar-refractivity contribution in [1.29, 1.82) is 0 Å². The molecule has 1 N–H and O–H groups in total. The third kappa shape index (κ3) is 4.73. The van der Waals surface area contributed by atoms with E-state index in [4.69, 9.17) is 32.7 Å². The van der Waals surface area contributed by atoms with Gasteiger partial charge in [0, 0.05) is 17.7 Å². The van der Waals surface area contributed by atoms with Crippen LogP contribution in [0.1, 0.15) is 36.0 Å². The molecule has 0 radical (unpaired) electrons. The third-order valence-electron chi connectivity index (χ3n) is 4.62. The summed E-state index contributed by atoms with van der Waals surface area (Å²) in [7, 11) is 1.11. The molecule has 1 saturated heterocycles. The van der Waals surface area contributed by atoms with Crippen molar-refractivity contribution in [3.63, 3.8) is 0 Å². The Labute approximate surface area is 187 Å². The number of rotatable bonds is 5. The van der Waals surface area contributed by atoms with Gasteiger partial charge in [-0.1, -0.05) is 23.2 Å². The van der Waals surface area contributed by atoms with E-state index in [1.807, 2.05) is 0 Å². The molecule has 1 amide bonds. The number of nitrogens with one attached hydrogen (secondary N) is 1. The number of benzene rings is 2. The van der Waals surface area contributed by atoms with Crippen LogP contribution >= 0.6 is 23.2 Å². The second-order valence-electron chi connectivity index (χ2n) is 7.38. The van der Waals surface area contributed by atoms with Gasteiger partial charge in [0.1, 0.15) is 17.1 Å². The first-order valence-corrected chi connectivity index (χ1v) is 9.75. The lowest BCUT2D eigenvalue weighted by atomic mass is 9.92. The zero-order chi connectivity index (χ0) is 22.9.